The second-order valence-corrected chi connectivity index (χ2v) is 6.53. The van der Waals surface area contributed by atoms with E-state index in [1.54, 1.807) is 12.1 Å². The summed E-state index contributed by atoms with van der Waals surface area (Å²) in [4.78, 5) is 0. The van der Waals surface area contributed by atoms with Gasteiger partial charge in [-0.15, -0.1) is 0 Å². The maximum absolute atomic E-state index is 9.28. The maximum Gasteiger partial charge on any atom is 0.115 e. The summed E-state index contributed by atoms with van der Waals surface area (Å²) in [7, 11) is -0.192. The number of rotatable bonds is 3. The SMILES string of the molecule is Cc1ccccc1CP(C)c1ccc(O)cc1. The molecule has 0 aromatic heterocycles. The average Bonchev–Trinajstić information content (AvgIpc) is 2.33. The first-order chi connectivity index (χ1) is 8.16. The summed E-state index contributed by atoms with van der Waals surface area (Å²) in [5, 5.41) is 10.6. The molecule has 2 aromatic rings. The fourth-order valence-corrected chi connectivity index (χ4v) is 3.55. The predicted octanol–water partition coefficient (Wildman–Crippen LogP) is 3.64. The monoisotopic (exact) mass is 244 g/mol. The fraction of sp³-hybridized carbons (Fsp3) is 0.200. The van der Waals surface area contributed by atoms with Gasteiger partial charge >= 0.3 is 0 Å². The van der Waals surface area contributed by atoms with Crippen LogP contribution >= 0.6 is 7.92 Å². The molecule has 0 bridgehead atoms. The molecule has 1 atom stereocenters. The van der Waals surface area contributed by atoms with Gasteiger partial charge in [-0.25, -0.2) is 0 Å². The fourth-order valence-electron chi connectivity index (χ4n) is 1.84. The molecule has 17 heavy (non-hydrogen) atoms. The van der Waals surface area contributed by atoms with Gasteiger partial charge in [0.25, 0.3) is 0 Å². The molecule has 2 aromatic carbocycles. The Hall–Kier alpha value is -1.33. The van der Waals surface area contributed by atoms with Crippen LogP contribution in [0.15, 0.2) is 48.5 Å². The molecule has 0 fully saturated rings. The topological polar surface area (TPSA) is 20.2 Å². The number of hydrogen-bond acceptors (Lipinski definition) is 1. The van der Waals surface area contributed by atoms with Crippen LogP contribution in [-0.2, 0) is 6.16 Å². The van der Waals surface area contributed by atoms with E-state index in [-0.39, 0.29) is 7.92 Å². The lowest BCUT2D eigenvalue weighted by Gasteiger charge is -2.14. The highest BCUT2D eigenvalue weighted by atomic mass is 31.1. The minimum Gasteiger partial charge on any atom is -0.508 e. The first-order valence-corrected chi connectivity index (χ1v) is 7.69. The van der Waals surface area contributed by atoms with Crippen LogP contribution in [0.4, 0.5) is 0 Å². The van der Waals surface area contributed by atoms with Gasteiger partial charge in [0.2, 0.25) is 0 Å². The molecule has 0 heterocycles. The van der Waals surface area contributed by atoms with Crippen LogP contribution < -0.4 is 5.30 Å². The van der Waals surface area contributed by atoms with Gasteiger partial charge < -0.3 is 5.11 Å². The standard InChI is InChI=1S/C15H17OP/c1-12-5-3-4-6-13(12)11-17(2)15-9-7-14(16)8-10-15/h3-10,16H,11H2,1-2H3. The Labute approximate surface area is 104 Å². The molecule has 1 unspecified atom stereocenters. The summed E-state index contributed by atoms with van der Waals surface area (Å²) >= 11 is 0. The summed E-state index contributed by atoms with van der Waals surface area (Å²) < 4.78 is 0. The van der Waals surface area contributed by atoms with Crippen LogP contribution in [0, 0.1) is 6.92 Å². The smallest absolute Gasteiger partial charge is 0.115 e. The number of aromatic hydroxyl groups is 1. The third-order valence-corrected chi connectivity index (χ3v) is 4.95. The van der Waals surface area contributed by atoms with Gasteiger partial charge in [-0.3, -0.25) is 0 Å². The van der Waals surface area contributed by atoms with Crippen molar-refractivity contribution in [3.63, 3.8) is 0 Å². The molecule has 0 radical (unpaired) electrons. The third-order valence-electron chi connectivity index (χ3n) is 2.96. The lowest BCUT2D eigenvalue weighted by atomic mass is 10.1. The number of benzene rings is 2. The van der Waals surface area contributed by atoms with E-state index in [9.17, 15) is 5.11 Å². The summed E-state index contributed by atoms with van der Waals surface area (Å²) in [6, 6.07) is 16.1. The van der Waals surface area contributed by atoms with E-state index in [0.717, 1.165) is 6.16 Å². The van der Waals surface area contributed by atoms with Gasteiger partial charge in [-0.2, -0.15) is 0 Å². The van der Waals surface area contributed by atoms with Crippen molar-refractivity contribution in [2.24, 2.45) is 0 Å². The van der Waals surface area contributed by atoms with Gasteiger partial charge in [0.1, 0.15) is 5.75 Å². The largest absolute Gasteiger partial charge is 0.508 e. The Morgan fingerprint density at radius 2 is 1.65 bits per heavy atom. The first kappa shape index (κ1) is 12.1. The number of hydrogen-bond donors (Lipinski definition) is 1. The van der Waals surface area contributed by atoms with E-state index in [0.29, 0.717) is 5.75 Å². The molecule has 0 saturated carbocycles. The average molecular weight is 244 g/mol. The Kier molecular flexibility index (Phi) is 3.81. The normalized spacial score (nSPS) is 12.4. The molecule has 0 aliphatic carbocycles. The highest BCUT2D eigenvalue weighted by Crippen LogP contribution is 2.35. The molecular weight excluding hydrogens is 227 g/mol. The second-order valence-electron chi connectivity index (χ2n) is 4.30. The van der Waals surface area contributed by atoms with Crippen molar-refractivity contribution in [1.82, 2.24) is 0 Å². The van der Waals surface area contributed by atoms with Crippen LogP contribution in [-0.4, -0.2) is 11.8 Å². The third kappa shape index (κ3) is 3.08. The van der Waals surface area contributed by atoms with Crippen molar-refractivity contribution >= 4 is 13.2 Å². The molecular formula is C15H17OP. The predicted molar refractivity (Wildman–Crippen MR) is 75.5 cm³/mol. The van der Waals surface area contributed by atoms with Gasteiger partial charge in [0.05, 0.1) is 0 Å². The Morgan fingerprint density at radius 1 is 1.00 bits per heavy atom. The molecule has 88 valence electrons. The van der Waals surface area contributed by atoms with Gasteiger partial charge in [-0.05, 0) is 48.3 Å². The van der Waals surface area contributed by atoms with Crippen LogP contribution in [0.25, 0.3) is 0 Å². The van der Waals surface area contributed by atoms with Crippen LogP contribution in [0.1, 0.15) is 11.1 Å². The molecule has 0 aliphatic rings. The van der Waals surface area contributed by atoms with Crippen LogP contribution in [0.5, 0.6) is 5.75 Å². The van der Waals surface area contributed by atoms with Crippen LogP contribution in [0.3, 0.4) is 0 Å². The Balaban J connectivity index is 2.14. The second kappa shape index (κ2) is 5.33. The maximum atomic E-state index is 9.28. The summed E-state index contributed by atoms with van der Waals surface area (Å²) in [5.41, 5.74) is 2.79. The quantitative estimate of drug-likeness (QED) is 0.817. The van der Waals surface area contributed by atoms with E-state index in [1.165, 1.54) is 16.4 Å². The van der Waals surface area contributed by atoms with E-state index >= 15 is 0 Å². The van der Waals surface area contributed by atoms with E-state index in [2.05, 4.69) is 37.9 Å². The summed E-state index contributed by atoms with van der Waals surface area (Å²) in [6.07, 6.45) is 1.10. The zero-order chi connectivity index (χ0) is 12.3. The van der Waals surface area contributed by atoms with Crippen molar-refractivity contribution in [2.75, 3.05) is 6.66 Å². The van der Waals surface area contributed by atoms with Gasteiger partial charge in [0, 0.05) is 0 Å². The molecule has 2 heteroatoms. The lowest BCUT2D eigenvalue weighted by Crippen LogP contribution is -2.01. The van der Waals surface area contributed by atoms with Crippen LogP contribution in [0.2, 0.25) is 0 Å². The van der Waals surface area contributed by atoms with Gasteiger partial charge in [0.15, 0.2) is 0 Å². The zero-order valence-electron chi connectivity index (χ0n) is 10.2. The van der Waals surface area contributed by atoms with Crippen molar-refractivity contribution in [1.29, 1.82) is 0 Å². The summed E-state index contributed by atoms with van der Waals surface area (Å²) in [5.74, 6) is 0.341. The minimum absolute atomic E-state index is 0.192. The lowest BCUT2D eigenvalue weighted by molar-refractivity contribution is 0.475. The first-order valence-electron chi connectivity index (χ1n) is 5.71. The molecule has 0 saturated heterocycles. The molecule has 1 nitrogen and oxygen atoms in total. The minimum atomic E-state index is -0.192. The number of phenols is 1. The zero-order valence-corrected chi connectivity index (χ0v) is 11.1. The molecule has 0 spiro atoms. The highest BCUT2D eigenvalue weighted by Gasteiger charge is 2.07. The Bertz CT molecular complexity index is 491. The van der Waals surface area contributed by atoms with E-state index in [1.807, 2.05) is 12.1 Å². The van der Waals surface area contributed by atoms with Crippen molar-refractivity contribution < 1.29 is 5.11 Å². The molecule has 0 aliphatic heterocycles. The van der Waals surface area contributed by atoms with E-state index in [4.69, 9.17) is 0 Å². The summed E-state index contributed by atoms with van der Waals surface area (Å²) in [6.45, 7) is 4.45. The Morgan fingerprint density at radius 3 is 2.29 bits per heavy atom. The number of aryl methyl sites for hydroxylation is 1. The molecule has 1 N–H and O–H groups in total. The molecule has 2 rings (SSSR count). The van der Waals surface area contributed by atoms with E-state index < -0.39 is 0 Å². The highest BCUT2D eigenvalue weighted by molar-refractivity contribution is 7.64. The van der Waals surface area contributed by atoms with Gasteiger partial charge in [-0.1, -0.05) is 44.3 Å². The number of phenolic OH excluding ortho intramolecular Hbond substituents is 1. The molecule has 0 amide bonds. The van der Waals surface area contributed by atoms with Crippen molar-refractivity contribution in [2.45, 2.75) is 13.1 Å². The van der Waals surface area contributed by atoms with Crippen molar-refractivity contribution in [3.05, 3.63) is 59.7 Å². The van der Waals surface area contributed by atoms with Crippen molar-refractivity contribution in [3.8, 4) is 5.75 Å².